The van der Waals surface area contributed by atoms with Crippen molar-refractivity contribution in [1.82, 2.24) is 10.3 Å². The molecule has 19 heavy (non-hydrogen) atoms. The number of thiazole rings is 1. The first-order chi connectivity index (χ1) is 8.90. The number of rotatable bonds is 6. The first-order valence-corrected chi connectivity index (χ1v) is 6.54. The van der Waals surface area contributed by atoms with E-state index in [4.69, 9.17) is 5.11 Å². The molecule has 0 aliphatic rings. The van der Waals surface area contributed by atoms with Gasteiger partial charge in [-0.2, -0.15) is 0 Å². The summed E-state index contributed by atoms with van der Waals surface area (Å²) in [7, 11) is 0. The van der Waals surface area contributed by atoms with E-state index in [2.05, 4.69) is 15.6 Å². The van der Waals surface area contributed by atoms with E-state index in [1.54, 1.807) is 13.8 Å². The van der Waals surface area contributed by atoms with Gasteiger partial charge in [0.2, 0.25) is 5.91 Å². The number of amides is 2. The zero-order chi connectivity index (χ0) is 14.4. The fourth-order valence-corrected chi connectivity index (χ4v) is 1.75. The highest BCUT2D eigenvalue weighted by molar-refractivity contribution is 7.14. The summed E-state index contributed by atoms with van der Waals surface area (Å²) < 4.78 is 0. The van der Waals surface area contributed by atoms with Crippen LogP contribution in [0.1, 0.15) is 30.8 Å². The molecule has 0 aliphatic heterocycles. The van der Waals surface area contributed by atoms with Crippen LogP contribution in [-0.2, 0) is 9.59 Å². The molecule has 8 heteroatoms. The van der Waals surface area contributed by atoms with E-state index in [-0.39, 0.29) is 30.5 Å². The lowest BCUT2D eigenvalue weighted by atomic mass is 10.2. The van der Waals surface area contributed by atoms with Gasteiger partial charge in [-0.05, 0) is 0 Å². The van der Waals surface area contributed by atoms with Crippen LogP contribution >= 0.6 is 11.3 Å². The summed E-state index contributed by atoms with van der Waals surface area (Å²) >= 11 is 1.14. The maximum absolute atomic E-state index is 11.6. The standard InChI is InChI=1S/C11H15N3O4S/c1-6(2)9(17)14-11-13-7(5-19-11)10(18)12-4-3-8(15)16/h5-6H,3-4H2,1-2H3,(H,12,18)(H,15,16)(H,13,14,17). The van der Waals surface area contributed by atoms with Crippen LogP contribution in [-0.4, -0.2) is 34.4 Å². The highest BCUT2D eigenvalue weighted by Crippen LogP contribution is 2.16. The highest BCUT2D eigenvalue weighted by Gasteiger charge is 2.13. The average Bonchev–Trinajstić information content (AvgIpc) is 2.76. The van der Waals surface area contributed by atoms with Crippen molar-refractivity contribution < 1.29 is 19.5 Å². The van der Waals surface area contributed by atoms with Crippen LogP contribution in [0.4, 0.5) is 5.13 Å². The van der Waals surface area contributed by atoms with Crippen LogP contribution in [0, 0.1) is 5.92 Å². The summed E-state index contributed by atoms with van der Waals surface area (Å²) in [6.45, 7) is 3.55. The zero-order valence-corrected chi connectivity index (χ0v) is 11.4. The molecule has 0 saturated carbocycles. The van der Waals surface area contributed by atoms with E-state index in [9.17, 15) is 14.4 Å². The van der Waals surface area contributed by atoms with Gasteiger partial charge >= 0.3 is 5.97 Å². The number of aliphatic carboxylic acids is 1. The minimum atomic E-state index is -0.983. The summed E-state index contributed by atoms with van der Waals surface area (Å²) in [6.07, 6.45) is -0.146. The number of hydrogen-bond acceptors (Lipinski definition) is 5. The van der Waals surface area contributed by atoms with Gasteiger partial charge in [0.05, 0.1) is 6.42 Å². The zero-order valence-electron chi connectivity index (χ0n) is 10.6. The van der Waals surface area contributed by atoms with Gasteiger partial charge in [-0.1, -0.05) is 13.8 Å². The Kier molecular flexibility index (Phi) is 5.43. The van der Waals surface area contributed by atoms with Gasteiger partial charge in [0.15, 0.2) is 5.13 Å². The van der Waals surface area contributed by atoms with Crippen molar-refractivity contribution >= 4 is 34.3 Å². The van der Waals surface area contributed by atoms with Crippen LogP contribution in [0.3, 0.4) is 0 Å². The Balaban J connectivity index is 2.52. The first kappa shape index (κ1) is 15.1. The quantitative estimate of drug-likeness (QED) is 0.721. The number of carboxylic acids is 1. The maximum atomic E-state index is 11.6. The van der Waals surface area contributed by atoms with Crippen molar-refractivity contribution in [2.45, 2.75) is 20.3 Å². The molecule has 0 unspecified atom stereocenters. The van der Waals surface area contributed by atoms with Gasteiger partial charge < -0.3 is 15.7 Å². The van der Waals surface area contributed by atoms with Crippen molar-refractivity contribution in [3.63, 3.8) is 0 Å². The molecule has 0 atom stereocenters. The topological polar surface area (TPSA) is 108 Å². The van der Waals surface area contributed by atoms with Crippen molar-refractivity contribution in [3.8, 4) is 0 Å². The van der Waals surface area contributed by atoms with Crippen molar-refractivity contribution in [2.75, 3.05) is 11.9 Å². The van der Waals surface area contributed by atoms with Crippen LogP contribution in [0.15, 0.2) is 5.38 Å². The molecule has 0 saturated heterocycles. The molecular formula is C11H15N3O4S. The van der Waals surface area contributed by atoms with Crippen LogP contribution in [0.2, 0.25) is 0 Å². The molecule has 1 aromatic rings. The fraction of sp³-hybridized carbons (Fsp3) is 0.455. The third-order valence-corrected chi connectivity index (χ3v) is 2.87. The summed E-state index contributed by atoms with van der Waals surface area (Å²) in [5, 5.41) is 15.3. The molecule has 7 nitrogen and oxygen atoms in total. The number of hydrogen-bond donors (Lipinski definition) is 3. The third-order valence-electron chi connectivity index (χ3n) is 2.12. The molecular weight excluding hydrogens is 270 g/mol. The summed E-state index contributed by atoms with van der Waals surface area (Å²) in [5.41, 5.74) is 0.162. The number of aromatic nitrogens is 1. The highest BCUT2D eigenvalue weighted by atomic mass is 32.1. The molecule has 0 bridgehead atoms. The van der Waals surface area contributed by atoms with Crippen LogP contribution in [0.25, 0.3) is 0 Å². The monoisotopic (exact) mass is 285 g/mol. The number of nitrogens with one attached hydrogen (secondary N) is 2. The molecule has 1 rings (SSSR count). The predicted molar refractivity (Wildman–Crippen MR) is 70.2 cm³/mol. The minimum Gasteiger partial charge on any atom is -0.481 e. The molecule has 0 fully saturated rings. The number of carboxylic acid groups (broad SMARTS) is 1. The van der Waals surface area contributed by atoms with Crippen LogP contribution in [0.5, 0.6) is 0 Å². The Morgan fingerprint density at radius 1 is 1.42 bits per heavy atom. The van der Waals surface area contributed by atoms with E-state index in [0.717, 1.165) is 11.3 Å². The van der Waals surface area contributed by atoms with Gasteiger partial charge in [0, 0.05) is 17.8 Å². The van der Waals surface area contributed by atoms with E-state index in [1.165, 1.54) is 5.38 Å². The van der Waals surface area contributed by atoms with Gasteiger partial charge in [0.25, 0.3) is 5.91 Å². The smallest absolute Gasteiger partial charge is 0.305 e. The summed E-state index contributed by atoms with van der Waals surface area (Å²) in [4.78, 5) is 37.3. The van der Waals surface area contributed by atoms with Crippen molar-refractivity contribution in [3.05, 3.63) is 11.1 Å². The number of anilines is 1. The Morgan fingerprint density at radius 2 is 2.11 bits per heavy atom. The largest absolute Gasteiger partial charge is 0.481 e. The van der Waals surface area contributed by atoms with E-state index < -0.39 is 11.9 Å². The second-order valence-electron chi connectivity index (χ2n) is 4.08. The molecule has 2 amide bonds. The Morgan fingerprint density at radius 3 is 2.68 bits per heavy atom. The molecule has 1 heterocycles. The van der Waals surface area contributed by atoms with Gasteiger partial charge in [-0.25, -0.2) is 4.98 Å². The molecule has 104 valence electrons. The lowest BCUT2D eigenvalue weighted by Gasteiger charge is -2.03. The molecule has 0 aliphatic carbocycles. The Hall–Kier alpha value is -1.96. The van der Waals surface area contributed by atoms with E-state index >= 15 is 0 Å². The fourth-order valence-electron chi connectivity index (χ4n) is 1.06. The van der Waals surface area contributed by atoms with Crippen molar-refractivity contribution in [1.29, 1.82) is 0 Å². The Labute approximate surface area is 114 Å². The van der Waals surface area contributed by atoms with E-state index in [0.29, 0.717) is 5.13 Å². The first-order valence-electron chi connectivity index (χ1n) is 5.66. The minimum absolute atomic E-state index is 0.0411. The summed E-state index contributed by atoms with van der Waals surface area (Å²) in [5.74, 6) is -1.78. The second-order valence-corrected chi connectivity index (χ2v) is 4.94. The Bertz CT molecular complexity index is 484. The van der Waals surface area contributed by atoms with Gasteiger partial charge in [-0.3, -0.25) is 14.4 Å². The van der Waals surface area contributed by atoms with E-state index in [1.807, 2.05) is 0 Å². The average molecular weight is 285 g/mol. The lowest BCUT2D eigenvalue weighted by molar-refractivity contribution is -0.136. The number of carbonyl (C=O) groups is 3. The lowest BCUT2D eigenvalue weighted by Crippen LogP contribution is -2.26. The normalized spacial score (nSPS) is 10.3. The van der Waals surface area contributed by atoms with Crippen LogP contribution < -0.4 is 10.6 Å². The molecule has 3 N–H and O–H groups in total. The van der Waals surface area contributed by atoms with Gasteiger partial charge in [-0.15, -0.1) is 11.3 Å². The maximum Gasteiger partial charge on any atom is 0.305 e. The SMILES string of the molecule is CC(C)C(=O)Nc1nc(C(=O)NCCC(=O)O)cs1. The molecule has 1 aromatic heterocycles. The molecule has 0 spiro atoms. The summed E-state index contributed by atoms with van der Waals surface area (Å²) in [6, 6.07) is 0. The predicted octanol–water partition coefficient (Wildman–Crippen LogP) is 0.942. The molecule has 0 radical (unpaired) electrons. The number of carbonyl (C=O) groups excluding carboxylic acids is 2. The van der Waals surface area contributed by atoms with Crippen molar-refractivity contribution in [2.24, 2.45) is 5.92 Å². The molecule has 0 aromatic carbocycles. The third kappa shape index (κ3) is 5.04. The number of nitrogens with zero attached hydrogens (tertiary/aromatic N) is 1. The second kappa shape index (κ2) is 6.83. The van der Waals surface area contributed by atoms with Gasteiger partial charge in [0.1, 0.15) is 5.69 Å².